The summed E-state index contributed by atoms with van der Waals surface area (Å²) in [6.07, 6.45) is 1.59. The molecule has 2 N–H and O–H groups in total. The normalized spacial score (nSPS) is 18.4. The molecule has 0 aromatic carbocycles. The second kappa shape index (κ2) is 5.28. The van der Waals surface area contributed by atoms with Gasteiger partial charge in [0.05, 0.1) is 17.6 Å². The van der Waals surface area contributed by atoms with E-state index in [9.17, 15) is 9.59 Å². The van der Waals surface area contributed by atoms with Crippen molar-refractivity contribution in [3.63, 3.8) is 0 Å². The summed E-state index contributed by atoms with van der Waals surface area (Å²) in [6, 6.07) is 1.49. The molecule has 0 aliphatic carbocycles. The minimum Gasteiger partial charge on any atom is -0.350 e. The van der Waals surface area contributed by atoms with E-state index in [1.807, 2.05) is 27.0 Å². The average molecular weight is 302 g/mol. The Kier molecular flexibility index (Phi) is 3.44. The molecule has 116 valence electrons. The lowest BCUT2D eigenvalue weighted by Crippen LogP contribution is -2.55. The SMILES string of the molecule is Cc1nn(C)c2ncc(NC(=O)N3CC(=O)NC(C)C3)cc12. The Bertz CT molecular complexity index is 753. The van der Waals surface area contributed by atoms with Gasteiger partial charge in [-0.3, -0.25) is 9.48 Å². The van der Waals surface area contributed by atoms with Crippen molar-refractivity contribution in [1.29, 1.82) is 0 Å². The van der Waals surface area contributed by atoms with Crippen LogP contribution in [0.1, 0.15) is 12.6 Å². The summed E-state index contributed by atoms with van der Waals surface area (Å²) in [6.45, 7) is 4.31. The number of hydrogen-bond donors (Lipinski definition) is 2. The summed E-state index contributed by atoms with van der Waals surface area (Å²) in [5.74, 6) is -0.148. The zero-order chi connectivity index (χ0) is 15.9. The molecule has 2 aromatic heterocycles. The van der Waals surface area contributed by atoms with Gasteiger partial charge < -0.3 is 15.5 Å². The second-order valence-corrected chi connectivity index (χ2v) is 5.58. The highest BCUT2D eigenvalue weighted by Crippen LogP contribution is 2.19. The van der Waals surface area contributed by atoms with Gasteiger partial charge in [-0.1, -0.05) is 0 Å². The van der Waals surface area contributed by atoms with Gasteiger partial charge in [0.2, 0.25) is 5.91 Å². The van der Waals surface area contributed by atoms with Gasteiger partial charge >= 0.3 is 6.03 Å². The van der Waals surface area contributed by atoms with Gasteiger partial charge in [-0.05, 0) is 19.9 Å². The maximum atomic E-state index is 12.3. The minimum atomic E-state index is -0.301. The molecule has 8 nitrogen and oxygen atoms in total. The lowest BCUT2D eigenvalue weighted by Gasteiger charge is -2.31. The van der Waals surface area contributed by atoms with Crippen molar-refractivity contribution >= 4 is 28.7 Å². The molecule has 1 aliphatic heterocycles. The van der Waals surface area contributed by atoms with Crippen LogP contribution in [0.5, 0.6) is 0 Å². The van der Waals surface area contributed by atoms with Crippen molar-refractivity contribution in [3.8, 4) is 0 Å². The van der Waals surface area contributed by atoms with Gasteiger partial charge in [0.25, 0.3) is 0 Å². The van der Waals surface area contributed by atoms with Crippen LogP contribution in [0.3, 0.4) is 0 Å². The molecule has 1 unspecified atom stereocenters. The number of anilines is 1. The zero-order valence-electron chi connectivity index (χ0n) is 12.8. The molecule has 0 radical (unpaired) electrons. The summed E-state index contributed by atoms with van der Waals surface area (Å²) < 4.78 is 1.70. The van der Waals surface area contributed by atoms with E-state index in [1.165, 1.54) is 4.90 Å². The third-order valence-corrected chi connectivity index (χ3v) is 3.64. The Balaban J connectivity index is 1.79. The third kappa shape index (κ3) is 2.59. The average Bonchev–Trinajstić information content (AvgIpc) is 2.72. The number of nitrogens with one attached hydrogen (secondary N) is 2. The zero-order valence-corrected chi connectivity index (χ0v) is 12.8. The standard InChI is InChI=1S/C14H18N6O2/c1-8-6-20(7-12(21)16-8)14(22)17-10-4-11-9(2)18-19(3)13(11)15-5-10/h4-5,8H,6-7H2,1-3H3,(H,16,21)(H,17,22). The second-order valence-electron chi connectivity index (χ2n) is 5.58. The summed E-state index contributed by atoms with van der Waals surface area (Å²) in [5.41, 5.74) is 2.21. The molecule has 0 saturated carbocycles. The number of carbonyl (C=O) groups excluding carboxylic acids is 2. The molecule has 3 rings (SSSR count). The van der Waals surface area contributed by atoms with E-state index in [1.54, 1.807) is 10.9 Å². The number of urea groups is 1. The number of piperazine rings is 1. The van der Waals surface area contributed by atoms with Crippen molar-refractivity contribution in [2.75, 3.05) is 18.4 Å². The highest BCUT2D eigenvalue weighted by Gasteiger charge is 2.25. The molecule has 1 atom stereocenters. The van der Waals surface area contributed by atoms with Crippen molar-refractivity contribution in [1.82, 2.24) is 25.0 Å². The molecule has 2 aromatic rings. The minimum absolute atomic E-state index is 0.0480. The summed E-state index contributed by atoms with van der Waals surface area (Å²) in [4.78, 5) is 29.6. The van der Waals surface area contributed by atoms with E-state index in [0.29, 0.717) is 12.2 Å². The van der Waals surface area contributed by atoms with Gasteiger partial charge in [-0.2, -0.15) is 5.10 Å². The van der Waals surface area contributed by atoms with Crippen LogP contribution in [0.25, 0.3) is 11.0 Å². The number of fused-ring (bicyclic) bond motifs is 1. The largest absolute Gasteiger partial charge is 0.350 e. The number of aromatic nitrogens is 3. The van der Waals surface area contributed by atoms with E-state index >= 15 is 0 Å². The predicted octanol–water partition coefficient (Wildman–Crippen LogP) is 0.629. The maximum absolute atomic E-state index is 12.3. The van der Waals surface area contributed by atoms with Crippen molar-refractivity contribution < 1.29 is 9.59 Å². The Morgan fingerprint density at radius 2 is 2.27 bits per heavy atom. The molecule has 3 heterocycles. The van der Waals surface area contributed by atoms with Crippen molar-refractivity contribution in [2.24, 2.45) is 7.05 Å². The topological polar surface area (TPSA) is 92.2 Å². The monoisotopic (exact) mass is 302 g/mol. The Labute approximate surface area is 127 Å². The fourth-order valence-electron chi connectivity index (χ4n) is 2.67. The molecule has 3 amide bonds. The Hall–Kier alpha value is -2.64. The van der Waals surface area contributed by atoms with Crippen LogP contribution in [0.15, 0.2) is 12.3 Å². The van der Waals surface area contributed by atoms with Crippen molar-refractivity contribution in [3.05, 3.63) is 18.0 Å². The molecule has 22 heavy (non-hydrogen) atoms. The molecular weight excluding hydrogens is 284 g/mol. The first-order valence-corrected chi connectivity index (χ1v) is 7.08. The molecular formula is C14H18N6O2. The quantitative estimate of drug-likeness (QED) is 0.808. The van der Waals surface area contributed by atoms with Gasteiger partial charge in [0.1, 0.15) is 6.54 Å². The maximum Gasteiger partial charge on any atom is 0.322 e. The van der Waals surface area contributed by atoms with Gasteiger partial charge in [-0.15, -0.1) is 0 Å². The molecule has 0 bridgehead atoms. The first kappa shape index (κ1) is 14.3. The third-order valence-electron chi connectivity index (χ3n) is 3.64. The van der Waals surface area contributed by atoms with E-state index in [0.717, 1.165) is 16.7 Å². The molecule has 1 fully saturated rings. The molecule has 1 aliphatic rings. The highest BCUT2D eigenvalue weighted by atomic mass is 16.2. The number of amides is 3. The summed E-state index contributed by atoms with van der Waals surface area (Å²) in [7, 11) is 1.83. The van der Waals surface area contributed by atoms with Crippen LogP contribution in [-0.4, -0.2) is 50.7 Å². The summed E-state index contributed by atoms with van der Waals surface area (Å²) in [5, 5.41) is 10.8. The van der Waals surface area contributed by atoms with Crippen LogP contribution in [0.2, 0.25) is 0 Å². The summed E-state index contributed by atoms with van der Waals surface area (Å²) >= 11 is 0. The Morgan fingerprint density at radius 1 is 1.50 bits per heavy atom. The van der Waals surface area contributed by atoms with Crippen LogP contribution in [0, 0.1) is 6.92 Å². The van der Waals surface area contributed by atoms with E-state index in [-0.39, 0.29) is 24.5 Å². The van der Waals surface area contributed by atoms with Gasteiger partial charge in [0.15, 0.2) is 5.65 Å². The Morgan fingerprint density at radius 3 is 3.00 bits per heavy atom. The first-order chi connectivity index (χ1) is 10.4. The van der Waals surface area contributed by atoms with Crippen molar-refractivity contribution in [2.45, 2.75) is 19.9 Å². The number of pyridine rings is 1. The van der Waals surface area contributed by atoms with Crippen LogP contribution >= 0.6 is 0 Å². The molecule has 8 heteroatoms. The fourth-order valence-corrected chi connectivity index (χ4v) is 2.67. The predicted molar refractivity (Wildman–Crippen MR) is 81.4 cm³/mol. The smallest absolute Gasteiger partial charge is 0.322 e. The molecule has 1 saturated heterocycles. The van der Waals surface area contributed by atoms with E-state index in [4.69, 9.17) is 0 Å². The lowest BCUT2D eigenvalue weighted by atomic mass is 10.2. The number of nitrogens with zero attached hydrogens (tertiary/aromatic N) is 4. The van der Waals surface area contributed by atoms with Crippen LogP contribution in [-0.2, 0) is 11.8 Å². The first-order valence-electron chi connectivity index (χ1n) is 7.08. The number of aryl methyl sites for hydroxylation is 2. The number of hydrogen-bond acceptors (Lipinski definition) is 4. The highest BCUT2D eigenvalue weighted by molar-refractivity contribution is 5.94. The number of carbonyl (C=O) groups is 2. The van der Waals surface area contributed by atoms with Gasteiger partial charge in [-0.25, -0.2) is 9.78 Å². The lowest BCUT2D eigenvalue weighted by molar-refractivity contribution is -0.124. The van der Waals surface area contributed by atoms with E-state index in [2.05, 4.69) is 20.7 Å². The van der Waals surface area contributed by atoms with E-state index < -0.39 is 0 Å². The van der Waals surface area contributed by atoms with Crippen LogP contribution in [0.4, 0.5) is 10.5 Å². The van der Waals surface area contributed by atoms with Gasteiger partial charge in [0, 0.05) is 25.0 Å². The van der Waals surface area contributed by atoms with Crippen LogP contribution < -0.4 is 10.6 Å². The number of rotatable bonds is 1. The fraction of sp³-hybridized carbons (Fsp3) is 0.429. The molecule has 0 spiro atoms.